The summed E-state index contributed by atoms with van der Waals surface area (Å²) in [6, 6.07) is 7.11. The van der Waals surface area contributed by atoms with Gasteiger partial charge in [-0.2, -0.15) is 0 Å². The summed E-state index contributed by atoms with van der Waals surface area (Å²) in [5.74, 6) is -1.58. The molecule has 0 fully saturated rings. The molecule has 6 heteroatoms. The van der Waals surface area contributed by atoms with E-state index in [9.17, 15) is 9.59 Å². The summed E-state index contributed by atoms with van der Waals surface area (Å²) in [5.41, 5.74) is 3.47. The van der Waals surface area contributed by atoms with Crippen LogP contribution in [-0.2, 0) is 16.1 Å². The summed E-state index contributed by atoms with van der Waals surface area (Å²) in [4.78, 5) is 26.6. The highest BCUT2D eigenvalue weighted by atomic mass is 16.7. The fourth-order valence-corrected chi connectivity index (χ4v) is 1.44. The Morgan fingerprint density at radius 3 is 2.72 bits per heavy atom. The summed E-state index contributed by atoms with van der Waals surface area (Å²) < 4.78 is 0. The number of amides is 1. The Kier molecular flexibility index (Phi) is 5.83. The highest BCUT2D eigenvalue weighted by Crippen LogP contribution is 2.09. The number of carboxylic acid groups (broad SMARTS) is 1. The van der Waals surface area contributed by atoms with Crippen LogP contribution in [0.25, 0.3) is 0 Å². The SMILES string of the molecule is CNCCc1ccccc1C(=O)NOCC(=O)O. The average Bonchev–Trinajstić information content (AvgIpc) is 2.36. The highest BCUT2D eigenvalue weighted by Gasteiger charge is 2.10. The molecule has 0 spiro atoms. The number of hydrogen-bond donors (Lipinski definition) is 3. The van der Waals surface area contributed by atoms with Crippen LogP contribution >= 0.6 is 0 Å². The van der Waals surface area contributed by atoms with Crippen LogP contribution < -0.4 is 10.8 Å². The quantitative estimate of drug-likeness (QED) is 0.603. The second-order valence-electron chi connectivity index (χ2n) is 3.62. The normalized spacial score (nSPS) is 10.1. The maximum atomic E-state index is 11.8. The number of nitrogens with one attached hydrogen (secondary N) is 2. The molecule has 0 aromatic heterocycles. The summed E-state index contributed by atoms with van der Waals surface area (Å²) in [7, 11) is 1.83. The maximum Gasteiger partial charge on any atom is 0.332 e. The smallest absolute Gasteiger partial charge is 0.332 e. The number of carbonyl (C=O) groups excluding carboxylic acids is 1. The molecule has 1 amide bonds. The van der Waals surface area contributed by atoms with E-state index in [1.165, 1.54) is 0 Å². The lowest BCUT2D eigenvalue weighted by Crippen LogP contribution is -2.27. The van der Waals surface area contributed by atoms with Gasteiger partial charge in [0.1, 0.15) is 0 Å². The van der Waals surface area contributed by atoms with E-state index in [1.54, 1.807) is 12.1 Å². The van der Waals surface area contributed by atoms with Crippen LogP contribution in [0.4, 0.5) is 0 Å². The summed E-state index contributed by atoms with van der Waals surface area (Å²) >= 11 is 0. The Labute approximate surface area is 105 Å². The van der Waals surface area contributed by atoms with Crippen molar-refractivity contribution in [2.75, 3.05) is 20.2 Å². The standard InChI is InChI=1S/C12H16N2O4/c1-13-7-6-9-4-2-3-5-10(9)12(17)14-18-8-11(15)16/h2-5,13H,6-8H2,1H3,(H,14,17)(H,15,16). The van der Waals surface area contributed by atoms with Crippen LogP contribution in [0.5, 0.6) is 0 Å². The van der Waals surface area contributed by atoms with E-state index in [0.29, 0.717) is 12.0 Å². The number of likely N-dealkylation sites (N-methyl/N-ethyl adjacent to an activating group) is 1. The first-order valence-corrected chi connectivity index (χ1v) is 5.51. The van der Waals surface area contributed by atoms with Gasteiger partial charge < -0.3 is 10.4 Å². The zero-order valence-electron chi connectivity index (χ0n) is 10.1. The zero-order chi connectivity index (χ0) is 13.4. The van der Waals surface area contributed by atoms with Crippen LogP contribution in [0.1, 0.15) is 15.9 Å². The zero-order valence-corrected chi connectivity index (χ0v) is 10.1. The molecule has 0 aliphatic heterocycles. The summed E-state index contributed by atoms with van der Waals surface area (Å²) in [6.07, 6.45) is 0.707. The fourth-order valence-electron chi connectivity index (χ4n) is 1.44. The molecule has 1 rings (SSSR count). The molecule has 3 N–H and O–H groups in total. The number of aliphatic carboxylic acids is 1. The van der Waals surface area contributed by atoms with E-state index in [0.717, 1.165) is 12.1 Å². The van der Waals surface area contributed by atoms with Gasteiger partial charge in [-0.15, -0.1) is 0 Å². The monoisotopic (exact) mass is 252 g/mol. The van der Waals surface area contributed by atoms with Crippen molar-refractivity contribution in [3.63, 3.8) is 0 Å². The molecule has 0 bridgehead atoms. The van der Waals surface area contributed by atoms with Crippen molar-refractivity contribution < 1.29 is 19.5 Å². The fraction of sp³-hybridized carbons (Fsp3) is 0.333. The Hall–Kier alpha value is -1.92. The maximum absolute atomic E-state index is 11.8. The molecule has 0 aliphatic carbocycles. The molecular weight excluding hydrogens is 236 g/mol. The first kappa shape index (κ1) is 14.1. The second-order valence-corrected chi connectivity index (χ2v) is 3.62. The molecule has 1 aromatic rings. The van der Waals surface area contributed by atoms with Crippen molar-refractivity contribution in [1.82, 2.24) is 10.8 Å². The molecule has 1 aromatic carbocycles. The number of carbonyl (C=O) groups is 2. The molecular formula is C12H16N2O4. The van der Waals surface area contributed by atoms with Gasteiger partial charge in [-0.05, 0) is 31.6 Å². The van der Waals surface area contributed by atoms with E-state index >= 15 is 0 Å². The number of hydroxylamine groups is 1. The first-order chi connectivity index (χ1) is 8.65. The molecule has 18 heavy (non-hydrogen) atoms. The largest absolute Gasteiger partial charge is 0.479 e. The molecule has 0 radical (unpaired) electrons. The van der Waals surface area contributed by atoms with Gasteiger partial charge in [0.2, 0.25) is 0 Å². The van der Waals surface area contributed by atoms with Gasteiger partial charge in [-0.1, -0.05) is 18.2 Å². The first-order valence-electron chi connectivity index (χ1n) is 5.51. The van der Waals surface area contributed by atoms with E-state index in [-0.39, 0.29) is 0 Å². The van der Waals surface area contributed by atoms with Crippen LogP contribution in [0, 0.1) is 0 Å². The molecule has 6 nitrogen and oxygen atoms in total. The third kappa shape index (κ3) is 4.52. The topological polar surface area (TPSA) is 87.7 Å². The lowest BCUT2D eigenvalue weighted by molar-refractivity contribution is -0.144. The average molecular weight is 252 g/mol. The van der Waals surface area contributed by atoms with Gasteiger partial charge in [0.05, 0.1) is 0 Å². The summed E-state index contributed by atoms with van der Waals surface area (Å²) in [5, 5.41) is 11.4. The Morgan fingerprint density at radius 1 is 1.33 bits per heavy atom. The number of rotatable bonds is 7. The molecule has 0 atom stereocenters. The van der Waals surface area contributed by atoms with Crippen molar-refractivity contribution >= 4 is 11.9 Å². The minimum atomic E-state index is -1.14. The molecule has 0 saturated carbocycles. The second kappa shape index (κ2) is 7.41. The lowest BCUT2D eigenvalue weighted by atomic mass is 10.0. The molecule has 98 valence electrons. The Morgan fingerprint density at radius 2 is 2.06 bits per heavy atom. The van der Waals surface area contributed by atoms with Crippen LogP contribution in [-0.4, -0.2) is 37.2 Å². The third-order valence-electron chi connectivity index (χ3n) is 2.27. The molecule has 0 heterocycles. The van der Waals surface area contributed by atoms with Crippen molar-refractivity contribution in [3.8, 4) is 0 Å². The Bertz CT molecular complexity index is 420. The molecule has 0 unspecified atom stereocenters. The number of hydrogen-bond acceptors (Lipinski definition) is 4. The Balaban J connectivity index is 2.63. The minimum Gasteiger partial charge on any atom is -0.479 e. The molecule has 0 aliphatic rings. The van der Waals surface area contributed by atoms with Crippen LogP contribution in [0.15, 0.2) is 24.3 Å². The van der Waals surface area contributed by atoms with E-state index in [4.69, 9.17) is 5.11 Å². The van der Waals surface area contributed by atoms with Gasteiger partial charge in [0, 0.05) is 5.56 Å². The van der Waals surface area contributed by atoms with Crippen LogP contribution in [0.2, 0.25) is 0 Å². The predicted octanol–water partition coefficient (Wildman–Crippen LogP) is 0.194. The van der Waals surface area contributed by atoms with Crippen LogP contribution in [0.3, 0.4) is 0 Å². The van der Waals surface area contributed by atoms with E-state index in [2.05, 4.69) is 15.6 Å². The van der Waals surface area contributed by atoms with Crippen molar-refractivity contribution in [2.45, 2.75) is 6.42 Å². The van der Waals surface area contributed by atoms with Gasteiger partial charge in [-0.3, -0.25) is 9.63 Å². The minimum absolute atomic E-state index is 0.442. The lowest BCUT2D eigenvalue weighted by Gasteiger charge is -2.09. The van der Waals surface area contributed by atoms with Crippen molar-refractivity contribution in [3.05, 3.63) is 35.4 Å². The van der Waals surface area contributed by atoms with E-state index < -0.39 is 18.5 Å². The van der Waals surface area contributed by atoms with Crippen molar-refractivity contribution in [1.29, 1.82) is 0 Å². The van der Waals surface area contributed by atoms with E-state index in [1.807, 2.05) is 19.2 Å². The van der Waals surface area contributed by atoms with Crippen molar-refractivity contribution in [2.24, 2.45) is 0 Å². The molecule has 0 saturated heterocycles. The number of carboxylic acids is 1. The summed E-state index contributed by atoms with van der Waals surface area (Å²) in [6.45, 7) is 0.185. The van der Waals surface area contributed by atoms with Gasteiger partial charge in [0.15, 0.2) is 6.61 Å². The highest BCUT2D eigenvalue weighted by molar-refractivity contribution is 5.95. The predicted molar refractivity (Wildman–Crippen MR) is 65.1 cm³/mol. The van der Waals surface area contributed by atoms with Gasteiger partial charge in [0.25, 0.3) is 5.91 Å². The van der Waals surface area contributed by atoms with Gasteiger partial charge in [-0.25, -0.2) is 10.3 Å². The third-order valence-corrected chi connectivity index (χ3v) is 2.27. The van der Waals surface area contributed by atoms with Gasteiger partial charge >= 0.3 is 5.97 Å². The number of benzene rings is 1.